The van der Waals surface area contributed by atoms with Crippen molar-refractivity contribution in [3.05, 3.63) is 29.3 Å². The number of imide groups is 1. The van der Waals surface area contributed by atoms with Crippen LogP contribution >= 0.6 is 0 Å². The second-order valence-corrected chi connectivity index (χ2v) is 6.53. The van der Waals surface area contributed by atoms with Gasteiger partial charge in [-0.2, -0.15) is 0 Å². The minimum atomic E-state index is -0.951. The molecular formula is C19H20N2O6. The van der Waals surface area contributed by atoms with Crippen LogP contribution < -0.4 is 10.1 Å². The first-order valence-electron chi connectivity index (χ1n) is 8.82. The number of ketones is 2. The molecule has 1 heterocycles. The van der Waals surface area contributed by atoms with Crippen molar-refractivity contribution in [1.82, 2.24) is 10.2 Å². The van der Waals surface area contributed by atoms with Gasteiger partial charge in [0.2, 0.25) is 0 Å². The molecule has 1 fully saturated rings. The zero-order valence-corrected chi connectivity index (χ0v) is 14.9. The monoisotopic (exact) mass is 372 g/mol. The lowest BCUT2D eigenvalue weighted by molar-refractivity contribution is -0.126. The zero-order valence-electron chi connectivity index (χ0n) is 14.9. The highest BCUT2D eigenvalue weighted by Gasteiger charge is 2.44. The van der Waals surface area contributed by atoms with E-state index in [-0.39, 0.29) is 60.2 Å². The summed E-state index contributed by atoms with van der Waals surface area (Å²) in [6, 6.07) is 3.59. The lowest BCUT2D eigenvalue weighted by atomic mass is 9.94. The van der Waals surface area contributed by atoms with E-state index in [1.54, 1.807) is 6.07 Å². The molecule has 3 amide bonds. The Morgan fingerprint density at radius 1 is 1.15 bits per heavy atom. The number of hydrogen-bond acceptors (Lipinski definition) is 6. The lowest BCUT2D eigenvalue weighted by Crippen LogP contribution is -2.45. The predicted molar refractivity (Wildman–Crippen MR) is 93.4 cm³/mol. The van der Waals surface area contributed by atoms with Gasteiger partial charge >= 0.3 is 0 Å². The number of Topliss-reactive ketones (excluding diaryl/α,β-unsaturated/α-hetero) is 2. The van der Waals surface area contributed by atoms with Crippen LogP contribution in [-0.2, 0) is 14.4 Å². The Bertz CT molecular complexity index is 831. The van der Waals surface area contributed by atoms with Gasteiger partial charge in [0.1, 0.15) is 11.5 Å². The highest BCUT2D eigenvalue weighted by molar-refractivity contribution is 6.24. The van der Waals surface area contributed by atoms with Gasteiger partial charge in [-0.05, 0) is 25.0 Å². The van der Waals surface area contributed by atoms with Gasteiger partial charge < -0.3 is 10.1 Å². The van der Waals surface area contributed by atoms with Crippen LogP contribution in [0.3, 0.4) is 0 Å². The second kappa shape index (κ2) is 7.69. The van der Waals surface area contributed by atoms with Crippen molar-refractivity contribution in [2.24, 2.45) is 0 Å². The number of benzene rings is 1. The number of carbonyl (C=O) groups excluding carboxylic acids is 5. The molecule has 8 nitrogen and oxygen atoms in total. The van der Waals surface area contributed by atoms with Crippen molar-refractivity contribution < 1.29 is 28.7 Å². The van der Waals surface area contributed by atoms with Crippen molar-refractivity contribution in [2.45, 2.75) is 38.1 Å². The highest BCUT2D eigenvalue weighted by atomic mass is 16.5. The number of amides is 3. The lowest BCUT2D eigenvalue weighted by Gasteiger charge is -2.26. The van der Waals surface area contributed by atoms with Gasteiger partial charge in [-0.1, -0.05) is 6.07 Å². The number of nitrogens with zero attached hydrogens (tertiary/aromatic N) is 1. The molecule has 3 rings (SSSR count). The molecular weight excluding hydrogens is 352 g/mol. The summed E-state index contributed by atoms with van der Waals surface area (Å²) in [6.07, 6.45) is 1.22. The number of carbonyl (C=O) groups is 5. The Balaban J connectivity index is 1.90. The normalized spacial score (nSPS) is 20.2. The molecule has 0 saturated heterocycles. The molecule has 142 valence electrons. The highest BCUT2D eigenvalue weighted by Crippen LogP contribution is 2.34. The standard InChI is InChI=1S/C19H20N2O6/c1-20-16(24)10-27-15-7-3-5-12-17(15)19(26)21(18(12)25)13-9-8-11(22)4-2-6-14(13)23/h3,5,7,13H,2,4,6,8-10H2,1H3,(H,20,24). The van der Waals surface area contributed by atoms with E-state index in [4.69, 9.17) is 4.74 Å². The average molecular weight is 372 g/mol. The van der Waals surface area contributed by atoms with Gasteiger partial charge in [0, 0.05) is 26.3 Å². The molecule has 27 heavy (non-hydrogen) atoms. The maximum atomic E-state index is 13.0. The number of fused-ring (bicyclic) bond motifs is 1. The van der Waals surface area contributed by atoms with E-state index >= 15 is 0 Å². The Morgan fingerprint density at radius 3 is 2.67 bits per heavy atom. The summed E-state index contributed by atoms with van der Waals surface area (Å²) < 4.78 is 5.39. The van der Waals surface area contributed by atoms with Crippen molar-refractivity contribution >= 4 is 29.3 Å². The minimum Gasteiger partial charge on any atom is -0.483 e. The van der Waals surface area contributed by atoms with Crippen LogP contribution in [0.15, 0.2) is 18.2 Å². The molecule has 1 aliphatic carbocycles. The fraction of sp³-hybridized carbons (Fsp3) is 0.421. The molecule has 1 aliphatic heterocycles. The van der Waals surface area contributed by atoms with E-state index in [1.807, 2.05) is 0 Å². The molecule has 0 radical (unpaired) electrons. The SMILES string of the molecule is CNC(=O)COc1cccc2c1C(=O)N(C1CCC(=O)CCCC1=O)C2=O. The van der Waals surface area contributed by atoms with Crippen LogP contribution in [-0.4, -0.2) is 53.9 Å². The summed E-state index contributed by atoms with van der Waals surface area (Å²) in [6.45, 7) is -0.300. The summed E-state index contributed by atoms with van der Waals surface area (Å²) in [5, 5.41) is 2.40. The second-order valence-electron chi connectivity index (χ2n) is 6.53. The minimum absolute atomic E-state index is 0.0266. The van der Waals surface area contributed by atoms with E-state index in [0.717, 1.165) is 4.90 Å². The van der Waals surface area contributed by atoms with Crippen molar-refractivity contribution in [3.8, 4) is 5.75 Å². The fourth-order valence-corrected chi connectivity index (χ4v) is 3.37. The van der Waals surface area contributed by atoms with E-state index in [1.165, 1.54) is 19.2 Å². The van der Waals surface area contributed by atoms with Crippen LogP contribution in [0.1, 0.15) is 52.8 Å². The van der Waals surface area contributed by atoms with Crippen molar-refractivity contribution in [1.29, 1.82) is 0 Å². The summed E-state index contributed by atoms with van der Waals surface area (Å²) in [5.74, 6) is -1.66. The third kappa shape index (κ3) is 3.60. The molecule has 1 atom stereocenters. The fourth-order valence-electron chi connectivity index (χ4n) is 3.37. The summed E-state index contributed by atoms with van der Waals surface area (Å²) in [4.78, 5) is 62.4. The summed E-state index contributed by atoms with van der Waals surface area (Å²) >= 11 is 0. The number of rotatable bonds is 4. The maximum absolute atomic E-state index is 13.0. The molecule has 2 aliphatic rings. The molecule has 1 unspecified atom stereocenters. The van der Waals surface area contributed by atoms with Crippen molar-refractivity contribution in [3.63, 3.8) is 0 Å². The van der Waals surface area contributed by atoms with Gasteiger partial charge in [0.25, 0.3) is 17.7 Å². The molecule has 0 aromatic heterocycles. The predicted octanol–water partition coefficient (Wildman–Crippen LogP) is 0.878. The van der Waals surface area contributed by atoms with Gasteiger partial charge in [0.05, 0.1) is 17.2 Å². The molecule has 1 N–H and O–H groups in total. The Hall–Kier alpha value is -3.03. The summed E-state index contributed by atoms with van der Waals surface area (Å²) in [7, 11) is 1.46. The van der Waals surface area contributed by atoms with Crippen molar-refractivity contribution in [2.75, 3.05) is 13.7 Å². The topological polar surface area (TPSA) is 110 Å². The molecule has 8 heteroatoms. The van der Waals surface area contributed by atoms with Gasteiger partial charge in [-0.25, -0.2) is 0 Å². The van der Waals surface area contributed by atoms with E-state index in [2.05, 4.69) is 5.32 Å². The average Bonchev–Trinajstić information content (AvgIpc) is 2.90. The van der Waals surface area contributed by atoms with Gasteiger partial charge in [0.15, 0.2) is 12.4 Å². The van der Waals surface area contributed by atoms with Crippen LogP contribution in [0.25, 0.3) is 0 Å². The molecule has 0 bridgehead atoms. The van der Waals surface area contributed by atoms with Crippen LogP contribution in [0.2, 0.25) is 0 Å². The quantitative estimate of drug-likeness (QED) is 0.786. The molecule has 0 spiro atoms. The smallest absolute Gasteiger partial charge is 0.266 e. The Morgan fingerprint density at radius 2 is 1.93 bits per heavy atom. The first kappa shape index (κ1) is 18.8. The van der Waals surface area contributed by atoms with E-state index in [9.17, 15) is 24.0 Å². The Labute approximate surface area is 155 Å². The number of hydrogen-bond donors (Lipinski definition) is 1. The number of nitrogens with one attached hydrogen (secondary N) is 1. The van der Waals surface area contributed by atoms with E-state index in [0.29, 0.717) is 12.8 Å². The van der Waals surface area contributed by atoms with Crippen LogP contribution in [0.4, 0.5) is 0 Å². The van der Waals surface area contributed by atoms with Gasteiger partial charge in [-0.15, -0.1) is 0 Å². The maximum Gasteiger partial charge on any atom is 0.266 e. The van der Waals surface area contributed by atoms with Crippen LogP contribution in [0.5, 0.6) is 5.75 Å². The zero-order chi connectivity index (χ0) is 19.6. The third-order valence-corrected chi connectivity index (χ3v) is 4.80. The first-order chi connectivity index (χ1) is 12.9. The first-order valence-corrected chi connectivity index (χ1v) is 8.82. The number of ether oxygens (including phenoxy) is 1. The molecule has 1 aromatic rings. The third-order valence-electron chi connectivity index (χ3n) is 4.80. The largest absolute Gasteiger partial charge is 0.483 e. The molecule has 1 aromatic carbocycles. The number of likely N-dealkylation sites (N-methyl/N-ethyl adjacent to an activating group) is 1. The van der Waals surface area contributed by atoms with Crippen LogP contribution in [0, 0.1) is 0 Å². The Kier molecular flexibility index (Phi) is 5.34. The summed E-state index contributed by atoms with van der Waals surface area (Å²) in [5.41, 5.74) is 0.184. The van der Waals surface area contributed by atoms with E-state index < -0.39 is 17.9 Å². The van der Waals surface area contributed by atoms with Gasteiger partial charge in [-0.3, -0.25) is 28.9 Å². The molecule has 1 saturated carbocycles.